The Bertz CT molecular complexity index is 240. The van der Waals surface area contributed by atoms with Crippen molar-refractivity contribution in [3.05, 3.63) is 30.3 Å². The maximum Gasteiger partial charge on any atom is 0.0340 e. The topological polar surface area (TPSA) is 24.1 Å². The monoisotopic (exact) mass is 176 g/mol. The van der Waals surface area contributed by atoms with Crippen LogP contribution in [0.15, 0.2) is 30.3 Å². The van der Waals surface area contributed by atoms with Crippen molar-refractivity contribution in [1.29, 1.82) is 0 Å². The highest BCUT2D eigenvalue weighted by Crippen LogP contribution is 2.08. The zero-order chi connectivity index (χ0) is 8.93. The Labute approximate surface area is 79.4 Å². The van der Waals surface area contributed by atoms with Crippen LogP contribution in [0, 0.1) is 0 Å². The minimum absolute atomic E-state index is 0.667. The highest BCUT2D eigenvalue weighted by Gasteiger charge is 2.12. The molecule has 0 radical (unpaired) electrons. The molecule has 1 aliphatic rings. The molecule has 1 atom stereocenters. The largest absolute Gasteiger partial charge is 0.383 e. The van der Waals surface area contributed by atoms with Gasteiger partial charge in [0.05, 0.1) is 0 Å². The molecule has 1 aromatic carbocycles. The van der Waals surface area contributed by atoms with E-state index in [0.717, 1.165) is 6.54 Å². The second-order valence-electron chi connectivity index (χ2n) is 3.54. The first-order valence-electron chi connectivity index (χ1n) is 4.97. The summed E-state index contributed by atoms with van der Waals surface area (Å²) in [5.41, 5.74) is 1.22. The molecule has 70 valence electrons. The lowest BCUT2D eigenvalue weighted by Crippen LogP contribution is -2.29. The summed E-state index contributed by atoms with van der Waals surface area (Å²) in [6.45, 7) is 2.23. The fraction of sp³-hybridized carbons (Fsp3) is 0.455. The van der Waals surface area contributed by atoms with E-state index in [1.165, 1.54) is 25.1 Å². The summed E-state index contributed by atoms with van der Waals surface area (Å²) in [5, 5.41) is 6.89. The van der Waals surface area contributed by atoms with E-state index in [9.17, 15) is 0 Å². The molecule has 1 aliphatic heterocycles. The van der Waals surface area contributed by atoms with Gasteiger partial charge in [-0.05, 0) is 31.5 Å². The molecule has 1 saturated heterocycles. The molecule has 0 unspecified atom stereocenters. The third-order valence-corrected chi connectivity index (χ3v) is 2.49. The van der Waals surface area contributed by atoms with E-state index in [0.29, 0.717) is 6.04 Å². The van der Waals surface area contributed by atoms with Crippen LogP contribution in [0.3, 0.4) is 0 Å². The molecule has 1 heterocycles. The van der Waals surface area contributed by atoms with Crippen LogP contribution in [0.4, 0.5) is 5.69 Å². The van der Waals surface area contributed by atoms with Crippen LogP contribution < -0.4 is 10.6 Å². The summed E-state index contributed by atoms with van der Waals surface area (Å²) < 4.78 is 0. The second-order valence-corrected chi connectivity index (χ2v) is 3.54. The van der Waals surface area contributed by atoms with Crippen molar-refractivity contribution in [2.75, 3.05) is 18.4 Å². The number of hydrogen-bond acceptors (Lipinski definition) is 2. The van der Waals surface area contributed by atoms with Crippen LogP contribution in [0.2, 0.25) is 0 Å². The van der Waals surface area contributed by atoms with Gasteiger partial charge in [-0.3, -0.25) is 0 Å². The van der Waals surface area contributed by atoms with Crippen molar-refractivity contribution in [3.8, 4) is 0 Å². The summed E-state index contributed by atoms with van der Waals surface area (Å²) >= 11 is 0. The Morgan fingerprint density at radius 1 is 1.31 bits per heavy atom. The van der Waals surface area contributed by atoms with Crippen LogP contribution in [-0.4, -0.2) is 19.1 Å². The molecule has 13 heavy (non-hydrogen) atoms. The molecule has 0 amide bonds. The van der Waals surface area contributed by atoms with Crippen molar-refractivity contribution < 1.29 is 0 Å². The van der Waals surface area contributed by atoms with Crippen molar-refractivity contribution in [2.45, 2.75) is 18.9 Å². The quantitative estimate of drug-likeness (QED) is 0.734. The summed E-state index contributed by atoms with van der Waals surface area (Å²) in [4.78, 5) is 0. The predicted octanol–water partition coefficient (Wildman–Crippen LogP) is 1.85. The molecule has 0 aromatic heterocycles. The van der Waals surface area contributed by atoms with Crippen molar-refractivity contribution >= 4 is 5.69 Å². The van der Waals surface area contributed by atoms with Crippen LogP contribution in [0.5, 0.6) is 0 Å². The fourth-order valence-electron chi connectivity index (χ4n) is 1.73. The molecule has 2 rings (SSSR count). The molecule has 0 bridgehead atoms. The summed E-state index contributed by atoms with van der Waals surface area (Å²) in [6.07, 6.45) is 2.63. The van der Waals surface area contributed by atoms with Gasteiger partial charge in [0.15, 0.2) is 0 Å². The van der Waals surface area contributed by atoms with E-state index < -0.39 is 0 Å². The zero-order valence-electron chi connectivity index (χ0n) is 7.79. The van der Waals surface area contributed by atoms with Crippen LogP contribution in [0.1, 0.15) is 12.8 Å². The number of rotatable bonds is 3. The van der Waals surface area contributed by atoms with Gasteiger partial charge < -0.3 is 10.6 Å². The standard InChI is InChI=1S/C11H16N2/c1-2-5-10(6-3-1)13-9-11-7-4-8-12-11/h1-3,5-6,11-13H,4,7-9H2/t11-/m0/s1. The van der Waals surface area contributed by atoms with Crippen LogP contribution in [0.25, 0.3) is 0 Å². The van der Waals surface area contributed by atoms with Gasteiger partial charge in [0.25, 0.3) is 0 Å². The number of anilines is 1. The molecule has 1 aromatic rings. The minimum Gasteiger partial charge on any atom is -0.383 e. The van der Waals surface area contributed by atoms with Crippen LogP contribution in [-0.2, 0) is 0 Å². The molecular weight excluding hydrogens is 160 g/mol. The number of benzene rings is 1. The minimum atomic E-state index is 0.667. The van der Waals surface area contributed by atoms with E-state index >= 15 is 0 Å². The average molecular weight is 176 g/mol. The van der Waals surface area contributed by atoms with Gasteiger partial charge in [-0.15, -0.1) is 0 Å². The molecule has 2 heteroatoms. The molecular formula is C11H16N2. The van der Waals surface area contributed by atoms with Gasteiger partial charge in [0.2, 0.25) is 0 Å². The van der Waals surface area contributed by atoms with Gasteiger partial charge in [0, 0.05) is 18.3 Å². The van der Waals surface area contributed by atoms with E-state index in [4.69, 9.17) is 0 Å². The van der Waals surface area contributed by atoms with E-state index in [-0.39, 0.29) is 0 Å². The van der Waals surface area contributed by atoms with Gasteiger partial charge in [-0.1, -0.05) is 18.2 Å². The molecule has 1 fully saturated rings. The lowest BCUT2D eigenvalue weighted by Gasteiger charge is -2.12. The highest BCUT2D eigenvalue weighted by atomic mass is 15.0. The molecule has 0 saturated carbocycles. The summed E-state index contributed by atoms with van der Waals surface area (Å²) in [7, 11) is 0. The Morgan fingerprint density at radius 2 is 2.15 bits per heavy atom. The van der Waals surface area contributed by atoms with Gasteiger partial charge in [-0.25, -0.2) is 0 Å². The summed E-state index contributed by atoms with van der Waals surface area (Å²) in [6, 6.07) is 11.0. The van der Waals surface area contributed by atoms with Gasteiger partial charge in [-0.2, -0.15) is 0 Å². The van der Waals surface area contributed by atoms with Gasteiger partial charge in [0.1, 0.15) is 0 Å². The molecule has 2 nitrogen and oxygen atoms in total. The highest BCUT2D eigenvalue weighted by molar-refractivity contribution is 5.42. The Kier molecular flexibility index (Phi) is 2.82. The second kappa shape index (κ2) is 4.28. The van der Waals surface area contributed by atoms with E-state index in [2.05, 4.69) is 34.9 Å². The van der Waals surface area contributed by atoms with E-state index in [1.807, 2.05) is 6.07 Å². The van der Waals surface area contributed by atoms with E-state index in [1.54, 1.807) is 0 Å². The molecule has 0 spiro atoms. The SMILES string of the molecule is c1ccc(NC[C@@H]2CCCN2)cc1. The average Bonchev–Trinajstić information content (AvgIpc) is 2.69. The Hall–Kier alpha value is -1.02. The van der Waals surface area contributed by atoms with Gasteiger partial charge >= 0.3 is 0 Å². The molecule has 2 N–H and O–H groups in total. The lowest BCUT2D eigenvalue weighted by molar-refractivity contribution is 0.633. The third kappa shape index (κ3) is 2.46. The maximum atomic E-state index is 3.46. The smallest absolute Gasteiger partial charge is 0.0340 e. The number of nitrogens with one attached hydrogen (secondary N) is 2. The molecule has 0 aliphatic carbocycles. The van der Waals surface area contributed by atoms with Crippen molar-refractivity contribution in [1.82, 2.24) is 5.32 Å². The van der Waals surface area contributed by atoms with Crippen molar-refractivity contribution in [3.63, 3.8) is 0 Å². The lowest BCUT2D eigenvalue weighted by atomic mass is 10.2. The predicted molar refractivity (Wildman–Crippen MR) is 56.0 cm³/mol. The van der Waals surface area contributed by atoms with Crippen molar-refractivity contribution in [2.24, 2.45) is 0 Å². The Balaban J connectivity index is 1.79. The normalized spacial score (nSPS) is 21.7. The summed E-state index contributed by atoms with van der Waals surface area (Å²) in [5.74, 6) is 0. The number of para-hydroxylation sites is 1. The fourth-order valence-corrected chi connectivity index (χ4v) is 1.73. The zero-order valence-corrected chi connectivity index (χ0v) is 7.79. The first-order chi connectivity index (χ1) is 6.45. The number of hydrogen-bond donors (Lipinski definition) is 2. The first kappa shape index (κ1) is 8.57. The Morgan fingerprint density at radius 3 is 2.85 bits per heavy atom. The first-order valence-corrected chi connectivity index (χ1v) is 4.97. The van der Waals surface area contributed by atoms with Crippen LogP contribution >= 0.6 is 0 Å². The third-order valence-electron chi connectivity index (χ3n) is 2.49. The maximum absolute atomic E-state index is 3.46.